The highest BCUT2D eigenvalue weighted by molar-refractivity contribution is 7.89. The van der Waals surface area contributed by atoms with Gasteiger partial charge in [0.1, 0.15) is 12.1 Å². The molecule has 33 heavy (non-hydrogen) atoms. The number of amides is 4. The van der Waals surface area contributed by atoms with Gasteiger partial charge in [0.05, 0.1) is 4.90 Å². The second-order valence-electron chi connectivity index (χ2n) is 8.14. The van der Waals surface area contributed by atoms with E-state index in [-0.39, 0.29) is 4.90 Å². The van der Waals surface area contributed by atoms with Crippen molar-refractivity contribution in [2.75, 3.05) is 25.0 Å². The summed E-state index contributed by atoms with van der Waals surface area (Å²) in [6.07, 6.45) is 1.68. The number of hydrogen-bond donors (Lipinski definition) is 2. The molecule has 0 unspecified atom stereocenters. The summed E-state index contributed by atoms with van der Waals surface area (Å²) in [6, 6.07) is 11.6. The molecule has 2 saturated heterocycles. The SMILES string of the molecule is C[C@@]1(c2ccc(Cl)cc2)NC(=O)N(CC(=O)Nc2ccc(S(=O)(=O)N3CCCC3)cc2)C1=O. The minimum Gasteiger partial charge on any atom is -0.325 e. The number of imide groups is 1. The number of carbonyl (C=O) groups excluding carboxylic acids is 3. The summed E-state index contributed by atoms with van der Waals surface area (Å²) in [4.78, 5) is 38.9. The predicted molar refractivity (Wildman–Crippen MR) is 122 cm³/mol. The fourth-order valence-electron chi connectivity index (χ4n) is 3.95. The van der Waals surface area contributed by atoms with Crippen LogP contribution in [-0.2, 0) is 25.2 Å². The third-order valence-corrected chi connectivity index (χ3v) is 8.00. The maximum atomic E-state index is 13.0. The van der Waals surface area contributed by atoms with Crippen LogP contribution in [0.25, 0.3) is 0 Å². The molecule has 0 radical (unpaired) electrons. The Morgan fingerprint density at radius 2 is 1.67 bits per heavy atom. The monoisotopic (exact) mass is 490 g/mol. The number of hydrogen-bond acceptors (Lipinski definition) is 5. The van der Waals surface area contributed by atoms with Gasteiger partial charge in [0.25, 0.3) is 5.91 Å². The van der Waals surface area contributed by atoms with Gasteiger partial charge >= 0.3 is 6.03 Å². The van der Waals surface area contributed by atoms with Gasteiger partial charge in [-0.05, 0) is 61.7 Å². The average molecular weight is 491 g/mol. The molecule has 9 nitrogen and oxygen atoms in total. The van der Waals surface area contributed by atoms with E-state index >= 15 is 0 Å². The quantitative estimate of drug-likeness (QED) is 0.604. The van der Waals surface area contributed by atoms with Crippen molar-refractivity contribution in [3.63, 3.8) is 0 Å². The molecule has 2 aromatic rings. The van der Waals surface area contributed by atoms with E-state index in [0.717, 1.165) is 17.7 Å². The normalized spacial score (nSPS) is 21.3. The van der Waals surface area contributed by atoms with Crippen LogP contribution in [0, 0.1) is 0 Å². The van der Waals surface area contributed by atoms with Crippen molar-refractivity contribution in [1.82, 2.24) is 14.5 Å². The van der Waals surface area contributed by atoms with E-state index in [9.17, 15) is 22.8 Å². The molecule has 1 atom stereocenters. The van der Waals surface area contributed by atoms with Gasteiger partial charge in [0, 0.05) is 23.8 Å². The Morgan fingerprint density at radius 3 is 2.27 bits per heavy atom. The number of nitrogens with zero attached hydrogens (tertiary/aromatic N) is 2. The lowest BCUT2D eigenvalue weighted by Crippen LogP contribution is -2.42. The predicted octanol–water partition coefficient (Wildman–Crippen LogP) is 2.53. The number of anilines is 1. The van der Waals surface area contributed by atoms with Crippen molar-refractivity contribution in [3.05, 3.63) is 59.1 Å². The minimum atomic E-state index is -3.55. The summed E-state index contributed by atoms with van der Waals surface area (Å²) < 4.78 is 26.7. The second kappa shape index (κ2) is 8.77. The summed E-state index contributed by atoms with van der Waals surface area (Å²) in [5, 5.41) is 5.72. The fourth-order valence-corrected chi connectivity index (χ4v) is 5.59. The molecule has 0 bridgehead atoms. The Hall–Kier alpha value is -2.95. The molecule has 2 aliphatic rings. The van der Waals surface area contributed by atoms with E-state index in [4.69, 9.17) is 11.6 Å². The summed E-state index contributed by atoms with van der Waals surface area (Å²) in [6.45, 7) is 2.08. The Morgan fingerprint density at radius 1 is 1.06 bits per heavy atom. The van der Waals surface area contributed by atoms with Crippen LogP contribution in [-0.4, -0.2) is 55.1 Å². The van der Waals surface area contributed by atoms with E-state index < -0.39 is 40.0 Å². The Labute approximate surface area is 196 Å². The van der Waals surface area contributed by atoms with Gasteiger partial charge in [-0.3, -0.25) is 14.5 Å². The number of rotatable bonds is 6. The van der Waals surface area contributed by atoms with Crippen LogP contribution in [0.15, 0.2) is 53.4 Å². The van der Waals surface area contributed by atoms with E-state index in [0.29, 0.717) is 29.4 Å². The molecule has 2 heterocycles. The zero-order valence-electron chi connectivity index (χ0n) is 17.9. The molecular weight excluding hydrogens is 468 g/mol. The Kier molecular flexibility index (Phi) is 6.17. The standard InChI is InChI=1S/C22H23ClN4O5S/c1-22(15-4-6-16(23)7-5-15)20(29)27(21(30)25-22)14-19(28)24-17-8-10-18(11-9-17)33(31,32)26-12-2-3-13-26/h4-11H,2-3,12-14H2,1H3,(H,24,28)(H,25,30)/t22-/m0/s1. The molecule has 2 N–H and O–H groups in total. The van der Waals surface area contributed by atoms with Crippen molar-refractivity contribution in [3.8, 4) is 0 Å². The second-order valence-corrected chi connectivity index (χ2v) is 10.5. The molecule has 0 saturated carbocycles. The Bertz CT molecular complexity index is 1190. The van der Waals surface area contributed by atoms with Crippen molar-refractivity contribution in [2.24, 2.45) is 0 Å². The summed E-state index contributed by atoms with van der Waals surface area (Å²) >= 11 is 5.90. The number of sulfonamides is 1. The number of urea groups is 1. The first-order valence-electron chi connectivity index (χ1n) is 10.4. The van der Waals surface area contributed by atoms with Crippen LogP contribution < -0.4 is 10.6 Å². The van der Waals surface area contributed by atoms with E-state index in [1.807, 2.05) is 0 Å². The van der Waals surface area contributed by atoms with Crippen LogP contribution in [0.5, 0.6) is 0 Å². The lowest BCUT2D eigenvalue weighted by molar-refractivity contribution is -0.133. The number of nitrogens with one attached hydrogen (secondary N) is 2. The highest BCUT2D eigenvalue weighted by Crippen LogP contribution is 2.29. The molecule has 0 spiro atoms. The third-order valence-electron chi connectivity index (χ3n) is 5.84. The van der Waals surface area contributed by atoms with Gasteiger partial charge < -0.3 is 10.6 Å². The van der Waals surface area contributed by atoms with E-state index in [2.05, 4.69) is 10.6 Å². The van der Waals surface area contributed by atoms with Gasteiger partial charge in [-0.25, -0.2) is 13.2 Å². The van der Waals surface area contributed by atoms with Crippen LogP contribution in [0.1, 0.15) is 25.3 Å². The van der Waals surface area contributed by atoms with Crippen molar-refractivity contribution in [2.45, 2.75) is 30.2 Å². The molecule has 4 amide bonds. The third kappa shape index (κ3) is 4.46. The van der Waals surface area contributed by atoms with Crippen molar-refractivity contribution in [1.29, 1.82) is 0 Å². The van der Waals surface area contributed by atoms with Gasteiger partial charge in [0.2, 0.25) is 15.9 Å². The van der Waals surface area contributed by atoms with E-state index in [1.165, 1.54) is 28.6 Å². The van der Waals surface area contributed by atoms with Crippen LogP contribution in [0.3, 0.4) is 0 Å². The van der Waals surface area contributed by atoms with Crippen molar-refractivity contribution >= 4 is 45.2 Å². The highest BCUT2D eigenvalue weighted by atomic mass is 35.5. The van der Waals surface area contributed by atoms with Crippen LogP contribution >= 0.6 is 11.6 Å². The molecule has 11 heteroatoms. The molecule has 2 fully saturated rings. The van der Waals surface area contributed by atoms with Crippen LogP contribution in [0.4, 0.5) is 10.5 Å². The largest absolute Gasteiger partial charge is 0.325 e. The first-order valence-corrected chi connectivity index (χ1v) is 12.2. The molecule has 2 aromatic carbocycles. The zero-order valence-corrected chi connectivity index (χ0v) is 19.4. The first-order chi connectivity index (χ1) is 15.6. The van der Waals surface area contributed by atoms with Gasteiger partial charge in [-0.15, -0.1) is 0 Å². The van der Waals surface area contributed by atoms with Gasteiger partial charge in [-0.2, -0.15) is 4.31 Å². The van der Waals surface area contributed by atoms with Gasteiger partial charge in [0.15, 0.2) is 0 Å². The summed E-state index contributed by atoms with van der Waals surface area (Å²) in [5.41, 5.74) is -0.413. The maximum Gasteiger partial charge on any atom is 0.325 e. The van der Waals surface area contributed by atoms with E-state index in [1.54, 1.807) is 31.2 Å². The molecular formula is C22H23ClN4O5S. The molecule has 2 aliphatic heterocycles. The maximum absolute atomic E-state index is 13.0. The molecule has 4 rings (SSSR count). The van der Waals surface area contributed by atoms with Crippen molar-refractivity contribution < 1.29 is 22.8 Å². The Balaban J connectivity index is 1.42. The smallest absolute Gasteiger partial charge is 0.325 e. The number of benzene rings is 2. The summed E-state index contributed by atoms with van der Waals surface area (Å²) in [5.74, 6) is -1.15. The molecule has 0 aromatic heterocycles. The fraction of sp³-hybridized carbons (Fsp3) is 0.318. The van der Waals surface area contributed by atoms with Gasteiger partial charge in [-0.1, -0.05) is 23.7 Å². The van der Waals surface area contributed by atoms with Crippen LogP contribution in [0.2, 0.25) is 5.02 Å². The highest BCUT2D eigenvalue weighted by Gasteiger charge is 2.49. The topological polar surface area (TPSA) is 116 Å². The lowest BCUT2D eigenvalue weighted by atomic mass is 9.92. The molecule has 0 aliphatic carbocycles. The zero-order chi connectivity index (χ0) is 23.8. The number of carbonyl (C=O) groups is 3. The minimum absolute atomic E-state index is 0.148. The lowest BCUT2D eigenvalue weighted by Gasteiger charge is -2.22. The molecule has 174 valence electrons. The number of halogens is 1. The first kappa shape index (κ1) is 23.2. The average Bonchev–Trinajstić information content (AvgIpc) is 3.39. The summed E-state index contributed by atoms with van der Waals surface area (Å²) in [7, 11) is -3.55.